The van der Waals surface area contributed by atoms with Crippen molar-refractivity contribution in [2.24, 2.45) is 35.0 Å². The van der Waals surface area contributed by atoms with E-state index in [4.69, 9.17) is 4.84 Å². The van der Waals surface area contributed by atoms with Crippen LogP contribution >= 0.6 is 0 Å². The third kappa shape index (κ3) is 7.34. The van der Waals surface area contributed by atoms with Crippen molar-refractivity contribution in [1.82, 2.24) is 20.6 Å². The van der Waals surface area contributed by atoms with Crippen LogP contribution in [0.5, 0.6) is 0 Å². The minimum Gasteiger partial charge on any atom is -0.394 e. The fourth-order valence-corrected chi connectivity index (χ4v) is 8.00. The van der Waals surface area contributed by atoms with Crippen LogP contribution in [0.2, 0.25) is 0 Å². The van der Waals surface area contributed by atoms with Crippen molar-refractivity contribution in [1.29, 1.82) is 0 Å². The molecule has 1 aromatic carbocycles. The molecular formula is C33H56N4O4. The van der Waals surface area contributed by atoms with Gasteiger partial charge in [-0.2, -0.15) is 5.06 Å². The summed E-state index contributed by atoms with van der Waals surface area (Å²) in [7, 11) is 4.22. The number of hydrogen-bond donors (Lipinski definition) is 4. The van der Waals surface area contributed by atoms with Crippen molar-refractivity contribution >= 4 is 5.91 Å². The largest absolute Gasteiger partial charge is 0.394 e. The number of amides is 1. The zero-order chi connectivity index (χ0) is 30.1. The molecule has 0 radical (unpaired) electrons. The summed E-state index contributed by atoms with van der Waals surface area (Å²) < 4.78 is 0. The minimum absolute atomic E-state index is 0.110. The first-order chi connectivity index (χ1) is 19.3. The van der Waals surface area contributed by atoms with E-state index in [1.165, 1.54) is 12.0 Å². The van der Waals surface area contributed by atoms with E-state index in [9.17, 15) is 15.0 Å². The molecule has 0 spiro atoms. The number of likely N-dealkylation sites (N-methyl/N-ethyl adjacent to an activating group) is 1. The zero-order valence-electron chi connectivity index (χ0n) is 26.6. The van der Waals surface area contributed by atoms with Crippen molar-refractivity contribution in [3.05, 3.63) is 35.4 Å². The van der Waals surface area contributed by atoms with Gasteiger partial charge in [0, 0.05) is 31.1 Å². The number of hydroxylamine groups is 2. The third-order valence-corrected chi connectivity index (χ3v) is 10.3. The highest BCUT2D eigenvalue weighted by Crippen LogP contribution is 2.61. The van der Waals surface area contributed by atoms with Gasteiger partial charge in [-0.05, 0) is 80.5 Å². The first-order valence-electron chi connectivity index (χ1n) is 15.8. The van der Waals surface area contributed by atoms with E-state index in [1.807, 2.05) is 6.07 Å². The second-order valence-corrected chi connectivity index (χ2v) is 14.5. The third-order valence-electron chi connectivity index (χ3n) is 10.3. The first-order valence-corrected chi connectivity index (χ1v) is 15.8. The van der Waals surface area contributed by atoms with Crippen LogP contribution in [-0.2, 0) is 22.7 Å². The smallest absolute Gasteiger partial charge is 0.240 e. The highest BCUT2D eigenvalue weighted by Gasteiger charge is 2.57. The summed E-state index contributed by atoms with van der Waals surface area (Å²) in [5.41, 5.74) is 2.56. The summed E-state index contributed by atoms with van der Waals surface area (Å²) in [5, 5.41) is 29.6. The maximum Gasteiger partial charge on any atom is 0.240 e. The second-order valence-electron chi connectivity index (χ2n) is 14.5. The molecule has 9 atom stereocenters. The van der Waals surface area contributed by atoms with Gasteiger partial charge in [0.05, 0.1) is 19.3 Å². The highest BCUT2D eigenvalue weighted by atomic mass is 16.7. The molecule has 4 fully saturated rings. The Balaban J connectivity index is 1.46. The first kappa shape index (κ1) is 32.4. The van der Waals surface area contributed by atoms with Crippen LogP contribution in [-0.4, -0.2) is 83.7 Å². The lowest BCUT2D eigenvalue weighted by molar-refractivity contribution is -0.183. The lowest BCUT2D eigenvalue weighted by atomic mass is 9.45. The van der Waals surface area contributed by atoms with Crippen molar-refractivity contribution in [2.75, 3.05) is 27.2 Å². The van der Waals surface area contributed by atoms with Gasteiger partial charge in [-0.3, -0.25) is 9.63 Å². The number of carbonyl (C=O) groups is 1. The molecule has 4 N–H and O–H groups in total. The van der Waals surface area contributed by atoms with Crippen LogP contribution in [0.15, 0.2) is 24.3 Å². The van der Waals surface area contributed by atoms with Gasteiger partial charge in [-0.25, -0.2) is 0 Å². The second kappa shape index (κ2) is 13.4. The summed E-state index contributed by atoms with van der Waals surface area (Å²) in [4.78, 5) is 22.3. The molecule has 0 aromatic heterocycles. The van der Waals surface area contributed by atoms with Crippen molar-refractivity contribution < 1.29 is 19.8 Å². The van der Waals surface area contributed by atoms with Gasteiger partial charge in [-0.1, -0.05) is 58.9 Å². The Labute approximate surface area is 248 Å². The average molecular weight is 573 g/mol. The quantitative estimate of drug-likeness (QED) is 0.288. The van der Waals surface area contributed by atoms with Gasteiger partial charge in [0.2, 0.25) is 5.91 Å². The number of aliphatic hydroxyl groups excluding tert-OH is 2. The van der Waals surface area contributed by atoms with Crippen LogP contribution in [0.3, 0.4) is 0 Å². The van der Waals surface area contributed by atoms with E-state index >= 15 is 0 Å². The molecule has 8 nitrogen and oxygen atoms in total. The Hall–Kier alpha value is -1.55. The molecule has 3 aliphatic carbocycles. The summed E-state index contributed by atoms with van der Waals surface area (Å²) in [6, 6.07) is 8.24. The molecule has 3 saturated carbocycles. The average Bonchev–Trinajstić information content (AvgIpc) is 3.26. The van der Waals surface area contributed by atoms with E-state index in [-0.39, 0.29) is 18.6 Å². The predicted octanol–water partition coefficient (Wildman–Crippen LogP) is 3.41. The number of hydrogen-bond acceptors (Lipinski definition) is 7. The summed E-state index contributed by atoms with van der Waals surface area (Å²) in [5.74, 6) is 1.65. The Morgan fingerprint density at radius 3 is 2.49 bits per heavy atom. The van der Waals surface area contributed by atoms with Gasteiger partial charge in [-0.15, -0.1) is 0 Å². The monoisotopic (exact) mass is 572 g/mol. The number of fused-ring (bicyclic) bond motifs is 2. The molecule has 232 valence electrons. The Morgan fingerprint density at radius 2 is 1.90 bits per heavy atom. The molecular weight excluding hydrogens is 516 g/mol. The van der Waals surface area contributed by atoms with E-state index in [2.05, 4.69) is 82.4 Å². The lowest BCUT2D eigenvalue weighted by Crippen LogP contribution is -2.62. The SMILES string of the molecule is CC(C)CC(CN(C)C)NCc1cccc(CN2O[C@@H](CO)C(C(C)O)[C@H]2C(=O)NC2CC3CC([C@@H]2C)C3(C)C)c1. The maximum atomic E-state index is 13.9. The number of benzene rings is 1. The van der Waals surface area contributed by atoms with E-state index in [0.717, 1.165) is 31.5 Å². The topological polar surface area (TPSA) is 97.3 Å². The fraction of sp³-hybridized carbons (Fsp3) is 0.788. The molecule has 41 heavy (non-hydrogen) atoms. The number of rotatable bonds is 13. The molecule has 1 amide bonds. The van der Waals surface area contributed by atoms with Gasteiger partial charge in [0.15, 0.2) is 0 Å². The number of aliphatic hydroxyl groups is 2. The zero-order valence-corrected chi connectivity index (χ0v) is 26.6. The molecule has 5 rings (SSSR count). The van der Waals surface area contributed by atoms with Gasteiger partial charge in [0.25, 0.3) is 0 Å². The highest BCUT2D eigenvalue weighted by molar-refractivity contribution is 5.82. The Kier molecular flexibility index (Phi) is 10.6. The van der Waals surface area contributed by atoms with Crippen molar-refractivity contribution in [3.8, 4) is 0 Å². The molecule has 6 unspecified atom stereocenters. The standard InChI is InChI=1S/C33H56N4O4/c1-20(2)12-26(18-36(7)8)34-16-23-10-9-11-24(13-23)17-37-31(30(22(4)39)29(19-38)41-37)32(40)35-28-15-25-14-27(21(28)3)33(25,5)6/h9-11,13,20-22,25-31,34,38-39H,12,14-19H2,1-8H3,(H,35,40)/t21-,22?,25?,26?,27?,28?,29-,30?,31-/m0/s1. The van der Waals surface area contributed by atoms with Crippen LogP contribution in [0.25, 0.3) is 0 Å². The maximum absolute atomic E-state index is 13.9. The molecule has 1 aliphatic heterocycles. The number of nitrogens with one attached hydrogen (secondary N) is 2. The van der Waals surface area contributed by atoms with Crippen molar-refractivity contribution in [2.45, 2.75) is 104 Å². The molecule has 4 aliphatic rings. The van der Waals surface area contributed by atoms with Crippen molar-refractivity contribution in [3.63, 3.8) is 0 Å². The van der Waals surface area contributed by atoms with Gasteiger partial charge in [0.1, 0.15) is 12.1 Å². The summed E-state index contributed by atoms with van der Waals surface area (Å²) in [6.07, 6.45) is 1.93. The van der Waals surface area contributed by atoms with E-state index < -0.39 is 24.2 Å². The van der Waals surface area contributed by atoms with Crippen LogP contribution in [0, 0.1) is 35.0 Å². The van der Waals surface area contributed by atoms with Gasteiger partial charge < -0.3 is 25.7 Å². The van der Waals surface area contributed by atoms with Gasteiger partial charge >= 0.3 is 0 Å². The van der Waals surface area contributed by atoms with Crippen LogP contribution < -0.4 is 10.6 Å². The normalized spacial score (nSPS) is 32.6. The number of nitrogens with zero attached hydrogens (tertiary/aromatic N) is 2. The van der Waals surface area contributed by atoms with E-state index in [1.54, 1.807) is 12.0 Å². The molecule has 1 saturated heterocycles. The summed E-state index contributed by atoms with van der Waals surface area (Å²) >= 11 is 0. The van der Waals surface area contributed by atoms with Crippen LogP contribution in [0.4, 0.5) is 0 Å². The lowest BCUT2D eigenvalue weighted by Gasteiger charge is -2.62. The summed E-state index contributed by atoms with van der Waals surface area (Å²) in [6.45, 7) is 15.1. The fourth-order valence-electron chi connectivity index (χ4n) is 8.00. The molecule has 2 bridgehead atoms. The Bertz CT molecular complexity index is 1000. The Morgan fingerprint density at radius 1 is 1.20 bits per heavy atom. The van der Waals surface area contributed by atoms with E-state index in [0.29, 0.717) is 41.7 Å². The minimum atomic E-state index is -0.797. The molecule has 1 aromatic rings. The molecule has 8 heteroatoms. The number of carbonyl (C=O) groups excluding carboxylic acids is 1. The van der Waals surface area contributed by atoms with Crippen LogP contribution in [0.1, 0.15) is 71.9 Å². The predicted molar refractivity (Wildman–Crippen MR) is 163 cm³/mol. The molecule has 1 heterocycles.